The standard InChI is InChI=1S/C22H26F4N4O4.C22H27F3N4O5/c1-21(2,3)34-20(32)29-10-9-15(23)18(29)16(31)7-5-13-12-30(28-19(13)33-4)14-6-8-17(27-11-14)22(24,25)26;1-21(2,3)34-20(32)28-10-9-16(31)18(28)15(30)7-5-13-12-29(27-19(13)33-4)14-6-8-17(26-11-14)22(23,24)25/h6,8,11-12,15,18H,5,7,9-10H2,1-4H3;6,8,11-12,16,18,31H,5,7,9-10H2,1-4H3/t15-,18-;16-,18-/m01/s1. The van der Waals surface area contributed by atoms with Crippen molar-refractivity contribution in [2.45, 2.75) is 128 Å². The highest BCUT2D eigenvalue weighted by Crippen LogP contribution is 2.31. The van der Waals surface area contributed by atoms with Crippen LogP contribution in [-0.4, -0.2) is 131 Å². The largest absolute Gasteiger partial charge is 0.480 e. The number of halogens is 7. The molecule has 17 nitrogen and oxygen atoms in total. The van der Waals surface area contributed by atoms with Gasteiger partial charge in [0.05, 0.1) is 44.1 Å². The number of aliphatic hydroxyl groups excluding tert-OH is 1. The fraction of sp³-hybridized carbons (Fsp3) is 0.545. The summed E-state index contributed by atoms with van der Waals surface area (Å²) in [6.45, 7) is 10.5. The Bertz CT molecular complexity index is 2230. The maximum Gasteiger partial charge on any atom is 0.433 e. The Labute approximate surface area is 386 Å². The molecule has 6 rings (SSSR count). The van der Waals surface area contributed by atoms with Crippen molar-refractivity contribution in [3.8, 4) is 23.1 Å². The number of hydrogen-bond donors (Lipinski definition) is 1. The van der Waals surface area contributed by atoms with Crippen LogP contribution in [-0.2, 0) is 44.3 Å². The van der Waals surface area contributed by atoms with E-state index >= 15 is 0 Å². The first-order valence-electron chi connectivity index (χ1n) is 21.3. The fourth-order valence-corrected chi connectivity index (χ4v) is 7.27. The molecule has 2 aliphatic heterocycles. The maximum absolute atomic E-state index is 14.5. The number of ketones is 2. The summed E-state index contributed by atoms with van der Waals surface area (Å²) in [6, 6.07) is 1.86. The van der Waals surface area contributed by atoms with Crippen LogP contribution in [0.3, 0.4) is 0 Å². The average Bonchev–Trinajstić information content (AvgIpc) is 4.05. The minimum Gasteiger partial charge on any atom is -0.480 e. The van der Waals surface area contributed by atoms with Crippen molar-refractivity contribution < 1.29 is 74.0 Å². The Morgan fingerprint density at radius 2 is 1.04 bits per heavy atom. The first-order valence-corrected chi connectivity index (χ1v) is 21.3. The molecule has 0 bridgehead atoms. The van der Waals surface area contributed by atoms with Crippen LogP contribution >= 0.6 is 0 Å². The molecule has 1 N–H and O–H groups in total. The topological polar surface area (TPSA) is 193 Å². The maximum atomic E-state index is 14.5. The Hall–Kier alpha value is -6.33. The van der Waals surface area contributed by atoms with Crippen molar-refractivity contribution in [3.63, 3.8) is 0 Å². The normalized spacial score (nSPS) is 18.8. The number of pyridine rings is 2. The summed E-state index contributed by atoms with van der Waals surface area (Å²) >= 11 is 0. The van der Waals surface area contributed by atoms with Crippen molar-refractivity contribution in [1.82, 2.24) is 39.3 Å². The second kappa shape index (κ2) is 20.9. The number of amides is 2. The first-order chi connectivity index (χ1) is 31.6. The molecule has 0 radical (unpaired) electrons. The molecule has 4 atom stereocenters. The van der Waals surface area contributed by atoms with Crippen LogP contribution in [0.5, 0.6) is 11.8 Å². The van der Waals surface area contributed by atoms with Gasteiger partial charge in [0, 0.05) is 49.5 Å². The van der Waals surface area contributed by atoms with E-state index < -0.39 is 77.3 Å². The van der Waals surface area contributed by atoms with Gasteiger partial charge in [0.1, 0.15) is 40.8 Å². The number of methoxy groups -OCH3 is 2. The number of nitrogens with zero attached hydrogens (tertiary/aromatic N) is 8. The van der Waals surface area contributed by atoms with E-state index in [9.17, 15) is 55.0 Å². The van der Waals surface area contributed by atoms with Crippen molar-refractivity contribution in [2.24, 2.45) is 0 Å². The lowest BCUT2D eigenvalue weighted by molar-refractivity contribution is -0.141. The van der Waals surface area contributed by atoms with E-state index in [1.165, 1.54) is 53.0 Å². The van der Waals surface area contributed by atoms with Gasteiger partial charge in [0.2, 0.25) is 11.8 Å². The van der Waals surface area contributed by atoms with Crippen molar-refractivity contribution in [2.75, 3.05) is 27.3 Å². The Morgan fingerprint density at radius 3 is 1.41 bits per heavy atom. The Balaban J connectivity index is 0.000000254. The molecule has 0 aromatic carbocycles. The van der Waals surface area contributed by atoms with Crippen LogP contribution in [0, 0.1) is 0 Å². The van der Waals surface area contributed by atoms with Gasteiger partial charge in [-0.15, -0.1) is 10.2 Å². The lowest BCUT2D eigenvalue weighted by Gasteiger charge is -2.28. The van der Waals surface area contributed by atoms with Crippen molar-refractivity contribution >= 4 is 23.8 Å². The molecule has 6 heterocycles. The molecule has 2 saturated heterocycles. The van der Waals surface area contributed by atoms with Gasteiger partial charge in [-0.1, -0.05) is 0 Å². The van der Waals surface area contributed by atoms with E-state index in [1.807, 2.05) is 0 Å². The molecule has 2 amide bonds. The van der Waals surface area contributed by atoms with E-state index in [2.05, 4.69) is 20.2 Å². The fourth-order valence-electron chi connectivity index (χ4n) is 7.27. The van der Waals surface area contributed by atoms with E-state index in [0.29, 0.717) is 11.1 Å². The molecule has 0 aliphatic carbocycles. The van der Waals surface area contributed by atoms with Gasteiger partial charge in [0.15, 0.2) is 11.6 Å². The number of carbonyl (C=O) groups is 4. The molecule has 4 aromatic rings. The zero-order valence-corrected chi connectivity index (χ0v) is 38.5. The number of hydrogen-bond acceptors (Lipinski definition) is 13. The summed E-state index contributed by atoms with van der Waals surface area (Å²) in [5.74, 6) is -0.452. The molecule has 4 aromatic heterocycles. The predicted molar refractivity (Wildman–Crippen MR) is 226 cm³/mol. The smallest absolute Gasteiger partial charge is 0.433 e. The number of rotatable bonds is 12. The van der Waals surface area contributed by atoms with Crippen LogP contribution in [0.15, 0.2) is 49.1 Å². The first kappa shape index (κ1) is 52.6. The molecule has 68 heavy (non-hydrogen) atoms. The van der Waals surface area contributed by atoms with Crippen molar-refractivity contribution in [1.29, 1.82) is 0 Å². The number of aromatic nitrogens is 6. The third-order valence-electron chi connectivity index (χ3n) is 10.4. The summed E-state index contributed by atoms with van der Waals surface area (Å²) in [4.78, 5) is 59.8. The number of alkyl halides is 7. The summed E-state index contributed by atoms with van der Waals surface area (Å²) in [6.07, 6.45) is -7.43. The third kappa shape index (κ3) is 13.4. The highest BCUT2D eigenvalue weighted by atomic mass is 19.4. The van der Waals surface area contributed by atoms with Gasteiger partial charge < -0.3 is 24.1 Å². The molecule has 2 fully saturated rings. The van der Waals surface area contributed by atoms with Gasteiger partial charge >= 0.3 is 24.5 Å². The number of carbonyl (C=O) groups excluding carboxylic acids is 4. The number of likely N-dealkylation sites (tertiary alicyclic amines) is 2. The zero-order valence-electron chi connectivity index (χ0n) is 38.5. The quantitative estimate of drug-likeness (QED) is 0.139. The SMILES string of the molecule is COc1nn(-c2ccc(C(F)(F)F)nc2)cc1CCC(=O)[C@@H]1[C@@H](F)CCN1C(=O)OC(C)(C)C.COc1nn(-c2ccc(C(F)(F)F)nc2)cc1CCC(=O)[C@@H]1[C@H](O)CCN1C(=O)OC(C)(C)C. The lowest BCUT2D eigenvalue weighted by Crippen LogP contribution is -2.47. The summed E-state index contributed by atoms with van der Waals surface area (Å²) in [7, 11) is 2.75. The van der Waals surface area contributed by atoms with Gasteiger partial charge in [-0.2, -0.15) is 26.3 Å². The van der Waals surface area contributed by atoms with E-state index in [0.717, 1.165) is 29.4 Å². The number of aryl methyl sites for hydroxylation is 2. The molecule has 0 spiro atoms. The molecule has 372 valence electrons. The predicted octanol–water partition coefficient (Wildman–Crippen LogP) is 7.31. The molecular formula is C44H53F7N8O9. The lowest BCUT2D eigenvalue weighted by atomic mass is 10.0. The van der Waals surface area contributed by atoms with Crippen LogP contribution in [0.2, 0.25) is 0 Å². The van der Waals surface area contributed by atoms with Gasteiger partial charge in [-0.25, -0.2) is 33.3 Å². The molecule has 0 unspecified atom stereocenters. The Kier molecular flexibility index (Phi) is 16.2. The second-order valence-electron chi connectivity index (χ2n) is 17.8. The average molecular weight is 971 g/mol. The van der Waals surface area contributed by atoms with E-state index in [-0.39, 0.29) is 80.5 Å². The summed E-state index contributed by atoms with van der Waals surface area (Å²) in [5, 5.41) is 18.7. The van der Waals surface area contributed by atoms with E-state index in [1.54, 1.807) is 41.5 Å². The molecule has 0 saturated carbocycles. The zero-order chi connectivity index (χ0) is 50.5. The van der Waals surface area contributed by atoms with Gasteiger partial charge in [-0.05, 0) is 91.5 Å². The minimum atomic E-state index is -4.56. The summed E-state index contributed by atoms with van der Waals surface area (Å²) in [5.41, 5.74) is -2.01. The van der Waals surface area contributed by atoms with Gasteiger partial charge in [-0.3, -0.25) is 19.4 Å². The monoisotopic (exact) mass is 970 g/mol. The highest BCUT2D eigenvalue weighted by Gasteiger charge is 2.44. The number of ether oxygens (including phenoxy) is 4. The van der Waals surface area contributed by atoms with Gasteiger partial charge in [0.25, 0.3) is 0 Å². The van der Waals surface area contributed by atoms with E-state index in [4.69, 9.17) is 18.9 Å². The summed E-state index contributed by atoms with van der Waals surface area (Å²) < 4.78 is 115. The van der Waals surface area contributed by atoms with Crippen molar-refractivity contribution in [3.05, 3.63) is 71.6 Å². The van der Waals surface area contributed by atoms with Crippen LogP contribution in [0.4, 0.5) is 40.3 Å². The molecule has 2 aliphatic rings. The van der Waals surface area contributed by atoms with Crippen LogP contribution in [0.1, 0.15) is 89.7 Å². The second-order valence-corrected chi connectivity index (χ2v) is 17.8. The third-order valence-corrected chi connectivity index (χ3v) is 10.4. The molecular weight excluding hydrogens is 918 g/mol. The highest BCUT2D eigenvalue weighted by molar-refractivity contribution is 5.89. The minimum absolute atomic E-state index is 0.0195. The van der Waals surface area contributed by atoms with Crippen LogP contribution < -0.4 is 9.47 Å². The Morgan fingerprint density at radius 1 is 0.647 bits per heavy atom. The number of aliphatic hydroxyl groups is 1. The van der Waals surface area contributed by atoms with Crippen LogP contribution in [0.25, 0.3) is 11.4 Å². The number of Topliss-reactive ketones (excluding diaryl/α,β-unsaturated/α-hetero) is 2. The molecule has 24 heteroatoms.